The van der Waals surface area contributed by atoms with Gasteiger partial charge in [0.05, 0.1) is 0 Å². The lowest BCUT2D eigenvalue weighted by atomic mass is 10.0. The second-order valence-corrected chi connectivity index (χ2v) is 5.79. The van der Waals surface area contributed by atoms with Crippen LogP contribution in [-0.4, -0.2) is 13.6 Å². The number of hydrogen-bond acceptors (Lipinski definition) is 1. The Bertz CT molecular complexity index is 384. The second-order valence-electron chi connectivity index (χ2n) is 4.08. The standard InChI is InChI=1S/C13H17Br2N/c1-9(2)11(8-16-3)6-10-4-5-12(14)13(15)7-10/h4-7,9,16H,8H2,1-3H3/b11-6-. The smallest absolute Gasteiger partial charge is 0.0323 e. The molecule has 0 bridgehead atoms. The maximum Gasteiger partial charge on any atom is 0.0323 e. The average Bonchev–Trinajstić information content (AvgIpc) is 2.22. The molecule has 1 N–H and O–H groups in total. The molecule has 0 aliphatic heterocycles. The number of rotatable bonds is 4. The van der Waals surface area contributed by atoms with Gasteiger partial charge in [0.25, 0.3) is 0 Å². The first-order chi connectivity index (χ1) is 7.54. The van der Waals surface area contributed by atoms with Crippen LogP contribution in [0, 0.1) is 5.92 Å². The molecule has 0 aliphatic rings. The third-order valence-electron chi connectivity index (χ3n) is 2.42. The van der Waals surface area contributed by atoms with Crippen molar-refractivity contribution in [2.45, 2.75) is 13.8 Å². The van der Waals surface area contributed by atoms with Gasteiger partial charge in [0.15, 0.2) is 0 Å². The molecule has 3 heteroatoms. The zero-order valence-electron chi connectivity index (χ0n) is 9.85. The van der Waals surface area contributed by atoms with Gasteiger partial charge in [-0.2, -0.15) is 0 Å². The summed E-state index contributed by atoms with van der Waals surface area (Å²) in [5.74, 6) is 0.565. The van der Waals surface area contributed by atoms with Crippen LogP contribution in [0.2, 0.25) is 0 Å². The molecule has 1 aromatic rings. The van der Waals surface area contributed by atoms with Crippen LogP contribution in [0.25, 0.3) is 6.08 Å². The zero-order chi connectivity index (χ0) is 12.1. The minimum absolute atomic E-state index is 0.565. The highest BCUT2D eigenvalue weighted by Gasteiger charge is 2.03. The Kier molecular flexibility index (Phi) is 5.73. The summed E-state index contributed by atoms with van der Waals surface area (Å²) in [7, 11) is 1.98. The maximum atomic E-state index is 3.52. The highest BCUT2D eigenvalue weighted by atomic mass is 79.9. The summed E-state index contributed by atoms with van der Waals surface area (Å²) in [6, 6.07) is 6.31. The van der Waals surface area contributed by atoms with Crippen molar-refractivity contribution in [2.24, 2.45) is 5.92 Å². The summed E-state index contributed by atoms with van der Waals surface area (Å²) in [5.41, 5.74) is 2.64. The molecule has 88 valence electrons. The predicted octanol–water partition coefficient (Wildman–Crippen LogP) is 4.47. The number of halogens is 2. The number of hydrogen-bond donors (Lipinski definition) is 1. The molecule has 1 aromatic carbocycles. The van der Waals surface area contributed by atoms with Gasteiger partial charge in [-0.1, -0.05) is 31.6 Å². The van der Waals surface area contributed by atoms with E-state index in [0.717, 1.165) is 15.5 Å². The Morgan fingerprint density at radius 1 is 1.31 bits per heavy atom. The number of benzene rings is 1. The summed E-state index contributed by atoms with van der Waals surface area (Å²) >= 11 is 7.00. The second kappa shape index (κ2) is 6.58. The average molecular weight is 347 g/mol. The first-order valence-electron chi connectivity index (χ1n) is 5.34. The van der Waals surface area contributed by atoms with Gasteiger partial charge in [-0.05, 0) is 62.5 Å². The minimum atomic E-state index is 0.565. The predicted molar refractivity (Wildman–Crippen MR) is 78.6 cm³/mol. The Morgan fingerprint density at radius 3 is 2.50 bits per heavy atom. The molecule has 0 spiro atoms. The fourth-order valence-electron chi connectivity index (χ4n) is 1.44. The fourth-order valence-corrected chi connectivity index (χ4v) is 2.09. The van der Waals surface area contributed by atoms with E-state index in [1.165, 1.54) is 11.1 Å². The highest BCUT2D eigenvalue weighted by molar-refractivity contribution is 9.13. The Balaban J connectivity index is 2.98. The molecule has 0 saturated carbocycles. The Labute approximate surface area is 115 Å². The quantitative estimate of drug-likeness (QED) is 0.848. The van der Waals surface area contributed by atoms with Crippen LogP contribution in [0.15, 0.2) is 32.7 Å². The van der Waals surface area contributed by atoms with E-state index in [1.54, 1.807) is 0 Å². The largest absolute Gasteiger partial charge is 0.316 e. The maximum absolute atomic E-state index is 3.52. The lowest BCUT2D eigenvalue weighted by Gasteiger charge is -2.11. The Morgan fingerprint density at radius 2 is 2.00 bits per heavy atom. The van der Waals surface area contributed by atoms with E-state index in [2.05, 4.69) is 75.3 Å². The van der Waals surface area contributed by atoms with Crippen LogP contribution in [0.3, 0.4) is 0 Å². The van der Waals surface area contributed by atoms with Crippen molar-refractivity contribution in [2.75, 3.05) is 13.6 Å². The van der Waals surface area contributed by atoms with E-state index >= 15 is 0 Å². The lowest BCUT2D eigenvalue weighted by Crippen LogP contribution is -2.13. The van der Waals surface area contributed by atoms with Crippen molar-refractivity contribution in [1.82, 2.24) is 5.32 Å². The van der Waals surface area contributed by atoms with Crippen molar-refractivity contribution in [3.05, 3.63) is 38.3 Å². The van der Waals surface area contributed by atoms with E-state index in [-0.39, 0.29) is 0 Å². The molecule has 0 aliphatic carbocycles. The van der Waals surface area contributed by atoms with Gasteiger partial charge in [0.2, 0.25) is 0 Å². The molecule has 0 fully saturated rings. The highest BCUT2D eigenvalue weighted by Crippen LogP contribution is 2.25. The molecule has 0 saturated heterocycles. The van der Waals surface area contributed by atoms with Crippen LogP contribution < -0.4 is 5.32 Å². The van der Waals surface area contributed by atoms with Crippen molar-refractivity contribution in [3.63, 3.8) is 0 Å². The monoisotopic (exact) mass is 345 g/mol. The van der Waals surface area contributed by atoms with Crippen molar-refractivity contribution >= 4 is 37.9 Å². The van der Waals surface area contributed by atoms with Crippen molar-refractivity contribution in [3.8, 4) is 0 Å². The summed E-state index contributed by atoms with van der Waals surface area (Å²) in [4.78, 5) is 0. The molecule has 1 rings (SSSR count). The van der Waals surface area contributed by atoms with Gasteiger partial charge in [0.1, 0.15) is 0 Å². The third kappa shape index (κ3) is 4.04. The third-order valence-corrected chi connectivity index (χ3v) is 4.30. The van der Waals surface area contributed by atoms with E-state index in [9.17, 15) is 0 Å². The molecule has 0 heterocycles. The molecule has 0 unspecified atom stereocenters. The van der Waals surface area contributed by atoms with Crippen molar-refractivity contribution in [1.29, 1.82) is 0 Å². The van der Waals surface area contributed by atoms with Crippen LogP contribution >= 0.6 is 31.9 Å². The lowest BCUT2D eigenvalue weighted by molar-refractivity contribution is 0.713. The fraction of sp³-hybridized carbons (Fsp3) is 0.385. The van der Waals surface area contributed by atoms with Gasteiger partial charge in [0, 0.05) is 15.5 Å². The first kappa shape index (κ1) is 13.9. The van der Waals surface area contributed by atoms with Gasteiger partial charge < -0.3 is 5.32 Å². The topological polar surface area (TPSA) is 12.0 Å². The van der Waals surface area contributed by atoms with Crippen LogP contribution in [0.4, 0.5) is 0 Å². The summed E-state index contributed by atoms with van der Waals surface area (Å²) in [5, 5.41) is 3.21. The summed E-state index contributed by atoms with van der Waals surface area (Å²) in [6.45, 7) is 5.37. The summed E-state index contributed by atoms with van der Waals surface area (Å²) < 4.78 is 2.18. The summed E-state index contributed by atoms with van der Waals surface area (Å²) in [6.07, 6.45) is 2.25. The Hall–Kier alpha value is -0.120. The number of nitrogens with one attached hydrogen (secondary N) is 1. The molecular formula is C13H17Br2N. The van der Waals surface area contributed by atoms with Gasteiger partial charge in [-0.3, -0.25) is 0 Å². The van der Waals surface area contributed by atoms with E-state index < -0.39 is 0 Å². The van der Waals surface area contributed by atoms with E-state index in [4.69, 9.17) is 0 Å². The molecule has 0 amide bonds. The molecule has 0 radical (unpaired) electrons. The normalized spacial score (nSPS) is 12.2. The molecule has 0 atom stereocenters. The van der Waals surface area contributed by atoms with Crippen LogP contribution in [-0.2, 0) is 0 Å². The molecule has 1 nitrogen and oxygen atoms in total. The molecule has 0 aromatic heterocycles. The van der Waals surface area contributed by atoms with E-state index in [1.807, 2.05) is 7.05 Å². The van der Waals surface area contributed by atoms with Gasteiger partial charge in [-0.15, -0.1) is 0 Å². The van der Waals surface area contributed by atoms with E-state index in [0.29, 0.717) is 5.92 Å². The van der Waals surface area contributed by atoms with Gasteiger partial charge >= 0.3 is 0 Å². The van der Waals surface area contributed by atoms with Crippen LogP contribution in [0.1, 0.15) is 19.4 Å². The number of likely N-dealkylation sites (N-methyl/N-ethyl adjacent to an activating group) is 1. The van der Waals surface area contributed by atoms with Crippen molar-refractivity contribution < 1.29 is 0 Å². The first-order valence-corrected chi connectivity index (χ1v) is 6.93. The zero-order valence-corrected chi connectivity index (χ0v) is 13.0. The molecular weight excluding hydrogens is 330 g/mol. The molecule has 16 heavy (non-hydrogen) atoms. The van der Waals surface area contributed by atoms with Gasteiger partial charge in [-0.25, -0.2) is 0 Å². The minimum Gasteiger partial charge on any atom is -0.316 e. The SMILES string of the molecule is CNC/C(=C/c1ccc(Br)c(Br)c1)C(C)C. The van der Waals surface area contributed by atoms with Crippen LogP contribution in [0.5, 0.6) is 0 Å².